The summed E-state index contributed by atoms with van der Waals surface area (Å²) in [6, 6.07) is 22.0. The molecule has 32 heavy (non-hydrogen) atoms. The van der Waals surface area contributed by atoms with Crippen molar-refractivity contribution in [2.24, 2.45) is 0 Å². The van der Waals surface area contributed by atoms with E-state index in [0.29, 0.717) is 22.4 Å². The third-order valence-electron chi connectivity index (χ3n) is 5.59. The summed E-state index contributed by atoms with van der Waals surface area (Å²) in [7, 11) is 0. The molecule has 0 fully saturated rings. The molecule has 5 aromatic rings. The van der Waals surface area contributed by atoms with Gasteiger partial charge in [-0.2, -0.15) is 4.98 Å². The molecule has 0 aliphatic rings. The van der Waals surface area contributed by atoms with Gasteiger partial charge in [0.05, 0.1) is 16.6 Å². The second kappa shape index (κ2) is 7.77. The summed E-state index contributed by atoms with van der Waals surface area (Å²) < 4.78 is 8.12. The maximum Gasteiger partial charge on any atom is 0.336 e. The fourth-order valence-corrected chi connectivity index (χ4v) is 3.72. The molecule has 7 nitrogen and oxygen atoms in total. The highest BCUT2D eigenvalue weighted by atomic mass is 16.5. The highest BCUT2D eigenvalue weighted by Crippen LogP contribution is 2.17. The molecule has 5 rings (SSSR count). The van der Waals surface area contributed by atoms with E-state index in [9.17, 15) is 9.59 Å². The normalized spacial score (nSPS) is 11.2. The van der Waals surface area contributed by atoms with Gasteiger partial charge in [0.25, 0.3) is 5.56 Å². The summed E-state index contributed by atoms with van der Waals surface area (Å²) in [6.45, 7) is 3.98. The topological polar surface area (TPSA) is 82.9 Å². The zero-order chi connectivity index (χ0) is 22.2. The maximum atomic E-state index is 13.5. The van der Waals surface area contributed by atoms with Crippen molar-refractivity contribution in [1.29, 1.82) is 0 Å². The number of benzene rings is 3. The van der Waals surface area contributed by atoms with Gasteiger partial charge in [0, 0.05) is 5.56 Å². The van der Waals surface area contributed by atoms with Crippen molar-refractivity contribution in [3.63, 3.8) is 0 Å². The lowest BCUT2D eigenvalue weighted by Gasteiger charge is -2.13. The van der Waals surface area contributed by atoms with Crippen molar-refractivity contribution in [2.75, 3.05) is 0 Å². The molecule has 158 valence electrons. The Labute approximate surface area is 183 Å². The number of fused-ring (bicyclic) bond motifs is 1. The molecule has 3 aromatic carbocycles. The lowest BCUT2D eigenvalue weighted by Crippen LogP contribution is -2.39. The van der Waals surface area contributed by atoms with Crippen LogP contribution in [0.1, 0.15) is 17.0 Å². The third-order valence-corrected chi connectivity index (χ3v) is 5.59. The Morgan fingerprint density at radius 2 is 1.62 bits per heavy atom. The van der Waals surface area contributed by atoms with E-state index in [2.05, 4.69) is 10.1 Å². The van der Waals surface area contributed by atoms with E-state index >= 15 is 0 Å². The van der Waals surface area contributed by atoms with Crippen LogP contribution in [0.2, 0.25) is 0 Å². The van der Waals surface area contributed by atoms with Crippen LogP contribution in [0.5, 0.6) is 0 Å². The van der Waals surface area contributed by atoms with Gasteiger partial charge >= 0.3 is 5.69 Å². The van der Waals surface area contributed by atoms with Crippen LogP contribution in [-0.4, -0.2) is 19.3 Å². The van der Waals surface area contributed by atoms with E-state index in [-0.39, 0.29) is 18.0 Å². The number of aromatic nitrogens is 4. The molecule has 0 aliphatic carbocycles. The van der Waals surface area contributed by atoms with Gasteiger partial charge in [-0.15, -0.1) is 0 Å². The molecule has 7 heteroatoms. The van der Waals surface area contributed by atoms with Crippen LogP contribution in [0.25, 0.3) is 28.0 Å². The van der Waals surface area contributed by atoms with Crippen LogP contribution in [0, 0.1) is 13.8 Å². The Kier molecular flexibility index (Phi) is 4.78. The molecule has 0 radical (unpaired) electrons. The van der Waals surface area contributed by atoms with E-state index in [4.69, 9.17) is 4.52 Å². The van der Waals surface area contributed by atoms with Gasteiger partial charge in [-0.1, -0.05) is 53.7 Å². The minimum absolute atomic E-state index is 0.0459. The molecule has 0 aliphatic heterocycles. The molecule has 0 saturated heterocycles. The van der Waals surface area contributed by atoms with Gasteiger partial charge in [-0.05, 0) is 49.2 Å². The molecule has 0 saturated carbocycles. The zero-order valence-electron chi connectivity index (χ0n) is 17.6. The Morgan fingerprint density at radius 3 is 2.41 bits per heavy atom. The largest absolute Gasteiger partial charge is 0.337 e. The predicted octanol–water partition coefficient (Wildman–Crippen LogP) is 3.87. The van der Waals surface area contributed by atoms with Crippen molar-refractivity contribution < 1.29 is 4.52 Å². The molecule has 0 amide bonds. The first-order chi connectivity index (χ1) is 15.5. The maximum absolute atomic E-state index is 13.5. The molecule has 2 heterocycles. The van der Waals surface area contributed by atoms with Crippen molar-refractivity contribution >= 4 is 10.9 Å². The summed E-state index contributed by atoms with van der Waals surface area (Å²) in [4.78, 5) is 31.2. The summed E-state index contributed by atoms with van der Waals surface area (Å²) in [5, 5.41) is 4.48. The van der Waals surface area contributed by atoms with Crippen LogP contribution >= 0.6 is 0 Å². The van der Waals surface area contributed by atoms with Gasteiger partial charge in [0.2, 0.25) is 11.7 Å². The number of nitrogens with zero attached hydrogens (tertiary/aromatic N) is 4. The van der Waals surface area contributed by atoms with Gasteiger partial charge in [0.15, 0.2) is 0 Å². The molecule has 0 N–H and O–H groups in total. The van der Waals surface area contributed by atoms with E-state index in [0.717, 1.165) is 16.7 Å². The standard InChI is InChI=1S/C25H20N4O3/c1-16-12-13-19(14-17(16)2)29-24(30)20-10-6-7-11-21(20)28(25(29)31)15-22-26-23(27-32-22)18-8-4-3-5-9-18/h3-14H,15H2,1-2H3. The van der Waals surface area contributed by atoms with Gasteiger partial charge in [-0.25, -0.2) is 9.36 Å². The van der Waals surface area contributed by atoms with E-state index in [1.165, 1.54) is 9.13 Å². The fraction of sp³-hybridized carbons (Fsp3) is 0.120. The lowest BCUT2D eigenvalue weighted by molar-refractivity contribution is 0.370. The quantitative estimate of drug-likeness (QED) is 0.437. The van der Waals surface area contributed by atoms with Crippen molar-refractivity contribution in [3.05, 3.63) is 111 Å². The molecule has 0 spiro atoms. The van der Waals surface area contributed by atoms with Crippen LogP contribution in [0.15, 0.2) is 86.9 Å². The summed E-state index contributed by atoms with van der Waals surface area (Å²) in [6.07, 6.45) is 0. The molecule has 0 bridgehead atoms. The molecule has 0 unspecified atom stereocenters. The highest BCUT2D eigenvalue weighted by molar-refractivity contribution is 5.78. The van der Waals surface area contributed by atoms with Crippen LogP contribution in [0.4, 0.5) is 0 Å². The molecular weight excluding hydrogens is 404 g/mol. The Balaban J connectivity index is 1.68. The number of para-hydroxylation sites is 1. The first-order valence-corrected chi connectivity index (χ1v) is 10.2. The Morgan fingerprint density at radius 1 is 0.875 bits per heavy atom. The highest BCUT2D eigenvalue weighted by Gasteiger charge is 2.17. The summed E-state index contributed by atoms with van der Waals surface area (Å²) in [5.41, 5.74) is 3.12. The fourth-order valence-electron chi connectivity index (χ4n) is 3.72. The molecule has 0 atom stereocenters. The number of rotatable bonds is 4. The zero-order valence-corrected chi connectivity index (χ0v) is 17.6. The molecular formula is C25H20N4O3. The molecule has 2 aromatic heterocycles. The van der Waals surface area contributed by atoms with Gasteiger partial charge in [-0.3, -0.25) is 9.36 Å². The Bertz CT molecular complexity index is 1560. The first-order valence-electron chi connectivity index (χ1n) is 10.2. The van der Waals surface area contributed by atoms with Crippen molar-refractivity contribution in [1.82, 2.24) is 19.3 Å². The van der Waals surface area contributed by atoms with Gasteiger partial charge in [0.1, 0.15) is 6.54 Å². The summed E-state index contributed by atoms with van der Waals surface area (Å²) >= 11 is 0. The predicted molar refractivity (Wildman–Crippen MR) is 122 cm³/mol. The smallest absolute Gasteiger partial charge is 0.336 e. The second-order valence-corrected chi connectivity index (χ2v) is 7.67. The summed E-state index contributed by atoms with van der Waals surface area (Å²) in [5.74, 6) is 0.724. The van der Waals surface area contributed by atoms with E-state index in [1.54, 1.807) is 30.3 Å². The number of hydrogen-bond acceptors (Lipinski definition) is 5. The minimum atomic E-state index is -0.462. The van der Waals surface area contributed by atoms with Gasteiger partial charge < -0.3 is 4.52 Å². The van der Waals surface area contributed by atoms with Crippen LogP contribution < -0.4 is 11.2 Å². The minimum Gasteiger partial charge on any atom is -0.337 e. The average Bonchev–Trinajstić information content (AvgIpc) is 3.28. The van der Waals surface area contributed by atoms with E-state index in [1.807, 2.05) is 56.3 Å². The van der Waals surface area contributed by atoms with Crippen LogP contribution in [-0.2, 0) is 6.54 Å². The monoisotopic (exact) mass is 424 g/mol. The van der Waals surface area contributed by atoms with Crippen molar-refractivity contribution in [2.45, 2.75) is 20.4 Å². The number of hydrogen-bond donors (Lipinski definition) is 0. The van der Waals surface area contributed by atoms with E-state index < -0.39 is 5.69 Å². The third kappa shape index (κ3) is 3.33. The van der Waals surface area contributed by atoms with Crippen molar-refractivity contribution in [3.8, 4) is 17.1 Å². The Hall–Kier alpha value is -4.26. The lowest BCUT2D eigenvalue weighted by atomic mass is 10.1. The number of aryl methyl sites for hydroxylation is 2. The first kappa shape index (κ1) is 19.7. The second-order valence-electron chi connectivity index (χ2n) is 7.67. The SMILES string of the molecule is Cc1ccc(-n2c(=O)c3ccccc3n(Cc3nc(-c4ccccc4)no3)c2=O)cc1C. The average molecular weight is 424 g/mol. The van der Waals surface area contributed by atoms with Crippen LogP contribution in [0.3, 0.4) is 0 Å².